The van der Waals surface area contributed by atoms with Crippen LogP contribution in [0.4, 0.5) is 17.6 Å². The lowest BCUT2D eigenvalue weighted by Crippen LogP contribution is -2.38. The van der Waals surface area contributed by atoms with E-state index >= 15 is 0 Å². The van der Waals surface area contributed by atoms with Crippen molar-refractivity contribution in [2.45, 2.75) is 32.9 Å². The fraction of sp³-hybridized carbons (Fsp3) is 0.381. The maximum atomic E-state index is 13.9. The van der Waals surface area contributed by atoms with Crippen LogP contribution >= 0.6 is 0 Å². The van der Waals surface area contributed by atoms with Crippen LogP contribution in [0.25, 0.3) is 0 Å². The molecule has 0 atom stereocenters. The lowest BCUT2D eigenvalue weighted by atomic mass is 10.1. The summed E-state index contributed by atoms with van der Waals surface area (Å²) in [6.45, 7) is 3.22. The van der Waals surface area contributed by atoms with E-state index in [4.69, 9.17) is 9.47 Å². The highest BCUT2D eigenvalue weighted by atomic mass is 19.4. The topological polar surface area (TPSA) is 64.1 Å². The van der Waals surface area contributed by atoms with Crippen LogP contribution in [-0.2, 0) is 24.3 Å². The van der Waals surface area contributed by atoms with Crippen molar-refractivity contribution in [1.82, 2.24) is 10.6 Å². The number of alkyl halides is 3. The molecule has 0 saturated heterocycles. The first kappa shape index (κ1) is 22.7. The second kappa shape index (κ2) is 10.3. The number of ether oxygens (including phenoxy) is 3. The first-order chi connectivity index (χ1) is 14.9. The Hall–Kier alpha value is -3.01. The molecule has 0 unspecified atom stereocenters. The maximum absolute atomic E-state index is 13.9. The van der Waals surface area contributed by atoms with E-state index in [0.717, 1.165) is 0 Å². The average Bonchev–Trinajstić information content (AvgIpc) is 2.71. The van der Waals surface area contributed by atoms with Crippen LogP contribution < -0.4 is 20.1 Å². The number of rotatable bonds is 7. The van der Waals surface area contributed by atoms with Gasteiger partial charge < -0.3 is 24.8 Å². The largest absolute Gasteiger partial charge is 0.573 e. The van der Waals surface area contributed by atoms with E-state index < -0.39 is 6.36 Å². The second-order valence-electron chi connectivity index (χ2n) is 6.69. The Morgan fingerprint density at radius 1 is 1.16 bits per heavy atom. The standard InChI is InChI=1S/C21H23F4N3O3/c1-2-26-20(28-11-15-5-3-4-6-18(15)31-21(23,24)25)27-8-7-14-9-17(22)10-16-12-29-13-30-19(14)16/h3-6,9-10H,2,7-8,11-13H2,1H3,(H2,26,27,28). The summed E-state index contributed by atoms with van der Waals surface area (Å²) in [7, 11) is 0. The molecule has 6 nitrogen and oxygen atoms in total. The maximum Gasteiger partial charge on any atom is 0.573 e. The van der Waals surface area contributed by atoms with Crippen LogP contribution in [0, 0.1) is 5.82 Å². The highest BCUT2D eigenvalue weighted by Crippen LogP contribution is 2.30. The van der Waals surface area contributed by atoms with E-state index in [2.05, 4.69) is 20.4 Å². The minimum Gasteiger partial charge on any atom is -0.467 e. The van der Waals surface area contributed by atoms with E-state index in [1.165, 1.54) is 30.3 Å². The van der Waals surface area contributed by atoms with E-state index in [1.807, 2.05) is 6.92 Å². The molecule has 0 amide bonds. The molecule has 0 aliphatic carbocycles. The average molecular weight is 441 g/mol. The highest BCUT2D eigenvalue weighted by Gasteiger charge is 2.31. The minimum absolute atomic E-state index is 0.0165. The van der Waals surface area contributed by atoms with Gasteiger partial charge in [0.15, 0.2) is 12.8 Å². The Morgan fingerprint density at radius 3 is 2.74 bits per heavy atom. The van der Waals surface area contributed by atoms with E-state index in [1.54, 1.807) is 6.07 Å². The second-order valence-corrected chi connectivity index (χ2v) is 6.69. The van der Waals surface area contributed by atoms with Gasteiger partial charge in [-0.3, -0.25) is 0 Å². The number of hydrogen-bond donors (Lipinski definition) is 2. The van der Waals surface area contributed by atoms with Crippen LogP contribution in [-0.4, -0.2) is 32.2 Å². The number of nitrogens with zero attached hydrogens (tertiary/aromatic N) is 1. The molecule has 1 aliphatic rings. The van der Waals surface area contributed by atoms with E-state index in [-0.39, 0.29) is 31.5 Å². The zero-order chi connectivity index (χ0) is 22.3. The summed E-state index contributed by atoms with van der Waals surface area (Å²) in [5.74, 6) is 0.374. The molecular weight excluding hydrogens is 418 g/mol. The van der Waals surface area contributed by atoms with Gasteiger partial charge in [0.25, 0.3) is 0 Å². The van der Waals surface area contributed by atoms with Crippen molar-refractivity contribution < 1.29 is 31.8 Å². The third-order valence-electron chi connectivity index (χ3n) is 4.39. The zero-order valence-electron chi connectivity index (χ0n) is 16.9. The van der Waals surface area contributed by atoms with Gasteiger partial charge in [-0.2, -0.15) is 0 Å². The molecule has 0 radical (unpaired) electrons. The van der Waals surface area contributed by atoms with Crippen molar-refractivity contribution >= 4 is 5.96 Å². The van der Waals surface area contributed by atoms with Gasteiger partial charge >= 0.3 is 6.36 Å². The molecule has 0 fully saturated rings. The van der Waals surface area contributed by atoms with Gasteiger partial charge in [0, 0.05) is 24.2 Å². The Bertz CT molecular complexity index is 919. The molecule has 0 aromatic heterocycles. The molecule has 1 aliphatic heterocycles. The number of guanidine groups is 1. The summed E-state index contributed by atoms with van der Waals surface area (Å²) in [5, 5.41) is 6.13. The lowest BCUT2D eigenvalue weighted by molar-refractivity contribution is -0.274. The third kappa shape index (κ3) is 6.74. The van der Waals surface area contributed by atoms with Crippen molar-refractivity contribution in [3.05, 3.63) is 58.9 Å². The summed E-state index contributed by atoms with van der Waals surface area (Å²) in [6, 6.07) is 8.65. The first-order valence-corrected chi connectivity index (χ1v) is 9.73. The Balaban J connectivity index is 1.65. The van der Waals surface area contributed by atoms with Crippen LogP contribution in [0.5, 0.6) is 11.5 Å². The number of benzene rings is 2. The molecule has 31 heavy (non-hydrogen) atoms. The predicted molar refractivity (Wildman–Crippen MR) is 106 cm³/mol. The van der Waals surface area contributed by atoms with Gasteiger partial charge in [-0.1, -0.05) is 18.2 Å². The summed E-state index contributed by atoms with van der Waals surface area (Å²) in [4.78, 5) is 4.33. The summed E-state index contributed by atoms with van der Waals surface area (Å²) in [5.41, 5.74) is 1.65. The molecule has 2 N–H and O–H groups in total. The Labute approximate surface area is 177 Å². The molecule has 2 aromatic carbocycles. The fourth-order valence-electron chi connectivity index (χ4n) is 3.12. The molecule has 1 heterocycles. The lowest BCUT2D eigenvalue weighted by Gasteiger charge is -2.21. The quantitative estimate of drug-likeness (QED) is 0.388. The van der Waals surface area contributed by atoms with Crippen molar-refractivity contribution in [2.24, 2.45) is 4.99 Å². The monoisotopic (exact) mass is 441 g/mol. The predicted octanol–water partition coefficient (Wildman–Crippen LogP) is 3.89. The van der Waals surface area contributed by atoms with Gasteiger partial charge in [-0.25, -0.2) is 9.38 Å². The van der Waals surface area contributed by atoms with Crippen LogP contribution in [0.1, 0.15) is 23.6 Å². The smallest absolute Gasteiger partial charge is 0.467 e. The number of halogens is 4. The van der Waals surface area contributed by atoms with E-state index in [9.17, 15) is 17.6 Å². The normalized spacial score (nSPS) is 13.9. The van der Waals surface area contributed by atoms with E-state index in [0.29, 0.717) is 47.9 Å². The highest BCUT2D eigenvalue weighted by molar-refractivity contribution is 5.79. The van der Waals surface area contributed by atoms with Crippen molar-refractivity contribution in [3.8, 4) is 11.5 Å². The first-order valence-electron chi connectivity index (χ1n) is 9.73. The van der Waals surface area contributed by atoms with Gasteiger partial charge in [0.2, 0.25) is 0 Å². The van der Waals surface area contributed by atoms with Gasteiger partial charge in [-0.05, 0) is 37.1 Å². The molecule has 3 rings (SSSR count). The fourth-order valence-corrected chi connectivity index (χ4v) is 3.12. The summed E-state index contributed by atoms with van der Waals surface area (Å²) >= 11 is 0. The van der Waals surface area contributed by atoms with Gasteiger partial charge in [0.1, 0.15) is 17.3 Å². The molecule has 0 bridgehead atoms. The molecule has 168 valence electrons. The summed E-state index contributed by atoms with van der Waals surface area (Å²) < 4.78 is 66.4. The Morgan fingerprint density at radius 2 is 1.97 bits per heavy atom. The summed E-state index contributed by atoms with van der Waals surface area (Å²) in [6.07, 6.45) is -4.32. The SMILES string of the molecule is CCNC(=NCc1ccccc1OC(F)(F)F)NCCc1cc(F)cc2c1OCOC2. The molecule has 0 spiro atoms. The molecule has 2 aromatic rings. The minimum atomic E-state index is -4.78. The zero-order valence-corrected chi connectivity index (χ0v) is 16.9. The van der Waals surface area contributed by atoms with Crippen molar-refractivity contribution in [3.63, 3.8) is 0 Å². The van der Waals surface area contributed by atoms with Crippen molar-refractivity contribution in [2.75, 3.05) is 19.9 Å². The van der Waals surface area contributed by atoms with Crippen LogP contribution in [0.3, 0.4) is 0 Å². The van der Waals surface area contributed by atoms with Crippen LogP contribution in [0.2, 0.25) is 0 Å². The van der Waals surface area contributed by atoms with Gasteiger partial charge in [-0.15, -0.1) is 13.2 Å². The number of hydrogen-bond acceptors (Lipinski definition) is 4. The molecule has 0 saturated carbocycles. The number of aliphatic imine (C=N–C) groups is 1. The number of nitrogens with one attached hydrogen (secondary N) is 2. The third-order valence-corrected chi connectivity index (χ3v) is 4.39. The molecular formula is C21H23F4N3O3. The van der Waals surface area contributed by atoms with Gasteiger partial charge in [0.05, 0.1) is 13.2 Å². The number of fused-ring (bicyclic) bond motifs is 1. The van der Waals surface area contributed by atoms with Crippen LogP contribution in [0.15, 0.2) is 41.4 Å². The van der Waals surface area contributed by atoms with Crippen molar-refractivity contribution in [1.29, 1.82) is 0 Å². The molecule has 10 heteroatoms. The number of para-hydroxylation sites is 1. The Kier molecular flexibility index (Phi) is 7.56.